The molecular weight excluding hydrogens is 294 g/mol. The SMILES string of the molecule is CC(=O)Oc1ccccc1C(=O)O.CCN(CC)CC.Cl. The summed E-state index contributed by atoms with van der Waals surface area (Å²) in [6.45, 7) is 11.3. The maximum absolute atomic E-state index is 10.6. The van der Waals surface area contributed by atoms with Gasteiger partial charge in [-0.1, -0.05) is 32.9 Å². The fourth-order valence-corrected chi connectivity index (χ4v) is 1.56. The van der Waals surface area contributed by atoms with Gasteiger partial charge in [0.2, 0.25) is 0 Å². The summed E-state index contributed by atoms with van der Waals surface area (Å²) in [7, 11) is 0. The largest absolute Gasteiger partial charge is 0.478 e. The minimum atomic E-state index is -1.11. The molecule has 0 heterocycles. The van der Waals surface area contributed by atoms with E-state index in [4.69, 9.17) is 5.11 Å². The second-order valence-electron chi connectivity index (χ2n) is 4.01. The van der Waals surface area contributed by atoms with E-state index >= 15 is 0 Å². The topological polar surface area (TPSA) is 66.8 Å². The number of benzene rings is 1. The zero-order chi connectivity index (χ0) is 15.5. The number of hydrogen-bond donors (Lipinski definition) is 1. The van der Waals surface area contributed by atoms with Gasteiger partial charge in [0, 0.05) is 6.92 Å². The van der Waals surface area contributed by atoms with E-state index in [9.17, 15) is 9.59 Å². The molecule has 0 amide bonds. The lowest BCUT2D eigenvalue weighted by Crippen LogP contribution is -2.21. The summed E-state index contributed by atoms with van der Waals surface area (Å²) in [6.07, 6.45) is 0. The molecule has 0 bridgehead atoms. The third-order valence-corrected chi connectivity index (χ3v) is 2.71. The van der Waals surface area contributed by atoms with Crippen LogP contribution in [0.2, 0.25) is 0 Å². The van der Waals surface area contributed by atoms with Crippen molar-refractivity contribution in [3.05, 3.63) is 29.8 Å². The Morgan fingerprint density at radius 2 is 1.57 bits per heavy atom. The summed E-state index contributed by atoms with van der Waals surface area (Å²) in [4.78, 5) is 23.6. The van der Waals surface area contributed by atoms with E-state index in [-0.39, 0.29) is 23.7 Å². The highest BCUT2D eigenvalue weighted by atomic mass is 35.5. The number of rotatable bonds is 5. The molecule has 120 valence electrons. The number of nitrogens with zero attached hydrogens (tertiary/aromatic N) is 1. The van der Waals surface area contributed by atoms with Crippen molar-refractivity contribution in [1.82, 2.24) is 4.90 Å². The average molecular weight is 318 g/mol. The highest BCUT2D eigenvalue weighted by Gasteiger charge is 2.10. The molecule has 21 heavy (non-hydrogen) atoms. The maximum Gasteiger partial charge on any atom is 0.339 e. The summed E-state index contributed by atoms with van der Waals surface area (Å²) in [5.74, 6) is -1.58. The number of carboxylic acid groups (broad SMARTS) is 1. The van der Waals surface area contributed by atoms with E-state index in [1.807, 2.05) is 0 Å². The van der Waals surface area contributed by atoms with Gasteiger partial charge in [0.25, 0.3) is 0 Å². The third-order valence-electron chi connectivity index (χ3n) is 2.71. The van der Waals surface area contributed by atoms with E-state index in [0.29, 0.717) is 0 Å². The summed E-state index contributed by atoms with van der Waals surface area (Å²) in [6, 6.07) is 5.98. The Morgan fingerprint density at radius 1 is 1.10 bits per heavy atom. The Labute approximate surface area is 132 Å². The highest BCUT2D eigenvalue weighted by Crippen LogP contribution is 2.17. The smallest absolute Gasteiger partial charge is 0.339 e. The molecule has 0 saturated heterocycles. The first kappa shape index (κ1) is 21.7. The molecular formula is C15H24ClNO4. The Kier molecular flexibility index (Phi) is 12.6. The van der Waals surface area contributed by atoms with Crippen molar-refractivity contribution in [3.8, 4) is 5.75 Å². The number of halogens is 1. The molecule has 6 heteroatoms. The first-order valence-corrected chi connectivity index (χ1v) is 6.69. The number of aromatic carboxylic acids is 1. The molecule has 0 atom stereocenters. The number of para-hydroxylation sites is 1. The molecule has 5 nitrogen and oxygen atoms in total. The predicted octanol–water partition coefficient (Wildman–Crippen LogP) is 3.08. The van der Waals surface area contributed by atoms with Crippen LogP contribution in [0.15, 0.2) is 24.3 Å². The van der Waals surface area contributed by atoms with Crippen LogP contribution in [0, 0.1) is 0 Å². The lowest BCUT2D eigenvalue weighted by molar-refractivity contribution is -0.131. The first-order chi connectivity index (χ1) is 9.46. The zero-order valence-corrected chi connectivity index (χ0v) is 13.8. The van der Waals surface area contributed by atoms with Gasteiger partial charge in [-0.3, -0.25) is 4.79 Å². The number of carboxylic acids is 1. The maximum atomic E-state index is 10.6. The Balaban J connectivity index is 0. The lowest BCUT2D eigenvalue weighted by atomic mass is 10.2. The van der Waals surface area contributed by atoms with Gasteiger partial charge in [-0.25, -0.2) is 4.79 Å². The van der Waals surface area contributed by atoms with Crippen LogP contribution in [0.5, 0.6) is 5.75 Å². The normalized spacial score (nSPS) is 9.19. The Morgan fingerprint density at radius 3 is 1.90 bits per heavy atom. The molecule has 0 spiro atoms. The van der Waals surface area contributed by atoms with Crippen LogP contribution in [-0.2, 0) is 4.79 Å². The minimum absolute atomic E-state index is 0. The average Bonchev–Trinajstić information content (AvgIpc) is 2.41. The van der Waals surface area contributed by atoms with E-state index in [0.717, 1.165) is 0 Å². The molecule has 0 aromatic heterocycles. The van der Waals surface area contributed by atoms with Crippen LogP contribution in [0.3, 0.4) is 0 Å². The second-order valence-corrected chi connectivity index (χ2v) is 4.01. The number of esters is 1. The van der Waals surface area contributed by atoms with E-state index in [1.54, 1.807) is 12.1 Å². The van der Waals surface area contributed by atoms with Gasteiger partial charge in [-0.15, -0.1) is 12.4 Å². The summed E-state index contributed by atoms with van der Waals surface area (Å²) in [5, 5.41) is 8.69. The van der Waals surface area contributed by atoms with Crippen molar-refractivity contribution in [1.29, 1.82) is 0 Å². The zero-order valence-electron chi connectivity index (χ0n) is 13.0. The summed E-state index contributed by atoms with van der Waals surface area (Å²) in [5.41, 5.74) is -0.0160. The predicted molar refractivity (Wildman–Crippen MR) is 85.4 cm³/mol. The summed E-state index contributed by atoms with van der Waals surface area (Å²) >= 11 is 0. The molecule has 0 aliphatic rings. The molecule has 0 unspecified atom stereocenters. The quantitative estimate of drug-likeness (QED) is 0.667. The number of carbonyl (C=O) groups is 2. The molecule has 0 aliphatic heterocycles. The van der Waals surface area contributed by atoms with Crippen LogP contribution in [0.4, 0.5) is 0 Å². The van der Waals surface area contributed by atoms with Crippen molar-refractivity contribution >= 4 is 24.3 Å². The molecule has 0 saturated carbocycles. The molecule has 1 rings (SSSR count). The fraction of sp³-hybridized carbons (Fsp3) is 0.467. The second kappa shape index (κ2) is 12.2. The lowest BCUT2D eigenvalue weighted by Gasteiger charge is -2.13. The van der Waals surface area contributed by atoms with Crippen LogP contribution in [-0.4, -0.2) is 41.6 Å². The molecule has 1 N–H and O–H groups in total. The standard InChI is InChI=1S/C9H8O4.C6H15N.ClH/c1-6(10)13-8-5-3-2-4-7(8)9(11)12;1-4-7(5-2)6-3;/h2-5H,1H3,(H,11,12);4-6H2,1-3H3;1H. The van der Waals surface area contributed by atoms with Gasteiger partial charge >= 0.3 is 11.9 Å². The number of carbonyl (C=O) groups excluding carboxylic acids is 1. The van der Waals surface area contributed by atoms with Crippen molar-refractivity contribution in [2.24, 2.45) is 0 Å². The van der Waals surface area contributed by atoms with Crippen LogP contribution in [0.1, 0.15) is 38.1 Å². The molecule has 0 fully saturated rings. The van der Waals surface area contributed by atoms with Crippen LogP contribution >= 0.6 is 12.4 Å². The number of ether oxygens (including phenoxy) is 1. The third kappa shape index (κ3) is 9.05. The van der Waals surface area contributed by atoms with Gasteiger partial charge in [-0.2, -0.15) is 0 Å². The van der Waals surface area contributed by atoms with E-state index < -0.39 is 11.9 Å². The van der Waals surface area contributed by atoms with Crippen molar-refractivity contribution in [2.45, 2.75) is 27.7 Å². The van der Waals surface area contributed by atoms with Crippen LogP contribution < -0.4 is 4.74 Å². The van der Waals surface area contributed by atoms with Crippen molar-refractivity contribution in [3.63, 3.8) is 0 Å². The first-order valence-electron chi connectivity index (χ1n) is 6.69. The van der Waals surface area contributed by atoms with E-state index in [2.05, 4.69) is 30.4 Å². The summed E-state index contributed by atoms with van der Waals surface area (Å²) < 4.78 is 4.69. The molecule has 1 aromatic rings. The van der Waals surface area contributed by atoms with E-state index in [1.165, 1.54) is 38.7 Å². The van der Waals surface area contributed by atoms with Crippen LogP contribution in [0.25, 0.3) is 0 Å². The van der Waals surface area contributed by atoms with Gasteiger partial charge in [0.05, 0.1) is 0 Å². The number of hydrogen-bond acceptors (Lipinski definition) is 4. The van der Waals surface area contributed by atoms with Gasteiger partial charge in [-0.05, 0) is 31.8 Å². The van der Waals surface area contributed by atoms with Crippen molar-refractivity contribution in [2.75, 3.05) is 19.6 Å². The molecule has 0 aliphatic carbocycles. The highest BCUT2D eigenvalue weighted by molar-refractivity contribution is 5.91. The van der Waals surface area contributed by atoms with Gasteiger partial charge in [0.1, 0.15) is 11.3 Å². The Hall–Kier alpha value is -1.59. The molecule has 0 radical (unpaired) electrons. The monoisotopic (exact) mass is 317 g/mol. The van der Waals surface area contributed by atoms with Gasteiger partial charge in [0.15, 0.2) is 0 Å². The Bertz CT molecular complexity index is 428. The van der Waals surface area contributed by atoms with Crippen molar-refractivity contribution < 1.29 is 19.4 Å². The fourth-order valence-electron chi connectivity index (χ4n) is 1.56. The molecule has 1 aromatic carbocycles. The minimum Gasteiger partial charge on any atom is -0.478 e. The van der Waals surface area contributed by atoms with Gasteiger partial charge < -0.3 is 14.7 Å².